The largest absolute Gasteiger partial charge is 0.478 e. The Bertz CT molecular complexity index is 722. The Kier molecular flexibility index (Phi) is 4.28. The van der Waals surface area contributed by atoms with E-state index in [2.05, 4.69) is 0 Å². The summed E-state index contributed by atoms with van der Waals surface area (Å²) >= 11 is 0. The molecule has 0 bridgehead atoms. The molecule has 2 aromatic carbocycles. The maximum Gasteiger partial charge on any atom is 0.336 e. The number of carboxylic acid groups (broad SMARTS) is 2. The van der Waals surface area contributed by atoms with Crippen LogP contribution in [0.5, 0.6) is 0 Å². The van der Waals surface area contributed by atoms with Gasteiger partial charge in [0.05, 0.1) is 11.1 Å². The number of rotatable bonds is 4. The van der Waals surface area contributed by atoms with Gasteiger partial charge in [0, 0.05) is 5.41 Å². The Hall–Kier alpha value is -2.62. The third-order valence-electron chi connectivity index (χ3n) is 4.16. The molecule has 0 radical (unpaired) electrons. The molecule has 2 N–H and O–H groups in total. The smallest absolute Gasteiger partial charge is 0.336 e. The van der Waals surface area contributed by atoms with Crippen LogP contribution in [0, 0.1) is 13.8 Å². The van der Waals surface area contributed by atoms with Crippen LogP contribution < -0.4 is 0 Å². The fraction of sp³-hybridized carbons (Fsp3) is 0.263. The van der Waals surface area contributed by atoms with E-state index in [9.17, 15) is 19.8 Å². The number of carboxylic acids is 2. The molecule has 0 spiro atoms. The van der Waals surface area contributed by atoms with Gasteiger partial charge < -0.3 is 10.2 Å². The molecule has 2 aromatic rings. The molecule has 0 aliphatic rings. The van der Waals surface area contributed by atoms with Crippen molar-refractivity contribution in [3.63, 3.8) is 0 Å². The predicted molar refractivity (Wildman–Crippen MR) is 88.4 cm³/mol. The lowest BCUT2D eigenvalue weighted by molar-refractivity contribution is 0.0686. The summed E-state index contributed by atoms with van der Waals surface area (Å²) < 4.78 is 0. The average molecular weight is 312 g/mol. The molecule has 0 heterocycles. The zero-order chi connectivity index (χ0) is 17.4. The van der Waals surface area contributed by atoms with Crippen LogP contribution in [0.15, 0.2) is 36.4 Å². The SMILES string of the molecule is Cc1ccc(C(C)(C)c2ccc(C)cc2C(=O)O)c(C(=O)O)c1. The van der Waals surface area contributed by atoms with Gasteiger partial charge in [-0.25, -0.2) is 9.59 Å². The van der Waals surface area contributed by atoms with Gasteiger partial charge in [-0.1, -0.05) is 49.2 Å². The van der Waals surface area contributed by atoms with Crippen molar-refractivity contribution < 1.29 is 19.8 Å². The van der Waals surface area contributed by atoms with Crippen molar-refractivity contribution in [2.75, 3.05) is 0 Å². The molecule has 0 aliphatic carbocycles. The first kappa shape index (κ1) is 16.7. The average Bonchev–Trinajstić information content (AvgIpc) is 2.46. The van der Waals surface area contributed by atoms with E-state index in [0.29, 0.717) is 11.1 Å². The highest BCUT2D eigenvalue weighted by Crippen LogP contribution is 2.36. The summed E-state index contributed by atoms with van der Waals surface area (Å²) in [7, 11) is 0. The van der Waals surface area contributed by atoms with Crippen molar-refractivity contribution >= 4 is 11.9 Å². The van der Waals surface area contributed by atoms with E-state index in [1.165, 1.54) is 0 Å². The van der Waals surface area contributed by atoms with Gasteiger partial charge in [0.25, 0.3) is 0 Å². The van der Waals surface area contributed by atoms with E-state index in [1.807, 2.05) is 39.8 Å². The number of benzene rings is 2. The Labute approximate surface area is 135 Å². The normalized spacial score (nSPS) is 11.3. The molecule has 0 aliphatic heterocycles. The minimum atomic E-state index is -1.01. The molecule has 0 fully saturated rings. The second kappa shape index (κ2) is 5.88. The lowest BCUT2D eigenvalue weighted by Crippen LogP contribution is -2.25. The highest BCUT2D eigenvalue weighted by Gasteiger charge is 2.31. The van der Waals surface area contributed by atoms with Gasteiger partial charge in [0.2, 0.25) is 0 Å². The summed E-state index contributed by atoms with van der Waals surface area (Å²) in [6, 6.07) is 10.5. The van der Waals surface area contributed by atoms with Crippen LogP contribution in [0.2, 0.25) is 0 Å². The van der Waals surface area contributed by atoms with E-state index in [1.54, 1.807) is 24.3 Å². The lowest BCUT2D eigenvalue weighted by Gasteiger charge is -2.29. The van der Waals surface area contributed by atoms with Crippen molar-refractivity contribution in [1.82, 2.24) is 0 Å². The topological polar surface area (TPSA) is 74.6 Å². The first-order valence-electron chi connectivity index (χ1n) is 7.33. The minimum absolute atomic E-state index is 0.201. The van der Waals surface area contributed by atoms with Gasteiger partial charge in [0.1, 0.15) is 0 Å². The quantitative estimate of drug-likeness (QED) is 0.894. The van der Waals surface area contributed by atoms with Crippen LogP contribution in [0.25, 0.3) is 0 Å². The molecule has 23 heavy (non-hydrogen) atoms. The minimum Gasteiger partial charge on any atom is -0.478 e. The van der Waals surface area contributed by atoms with E-state index in [4.69, 9.17) is 0 Å². The van der Waals surface area contributed by atoms with Gasteiger partial charge in [0.15, 0.2) is 0 Å². The first-order valence-corrected chi connectivity index (χ1v) is 7.33. The van der Waals surface area contributed by atoms with Crippen molar-refractivity contribution in [2.24, 2.45) is 0 Å². The van der Waals surface area contributed by atoms with Crippen molar-refractivity contribution in [1.29, 1.82) is 0 Å². The van der Waals surface area contributed by atoms with E-state index >= 15 is 0 Å². The van der Waals surface area contributed by atoms with E-state index in [-0.39, 0.29) is 11.1 Å². The predicted octanol–water partition coefficient (Wildman–Crippen LogP) is 4.03. The third-order valence-corrected chi connectivity index (χ3v) is 4.16. The molecule has 0 aromatic heterocycles. The fourth-order valence-corrected chi connectivity index (χ4v) is 2.91. The zero-order valence-corrected chi connectivity index (χ0v) is 13.7. The Morgan fingerprint density at radius 2 is 1.13 bits per heavy atom. The first-order chi connectivity index (χ1) is 10.6. The maximum absolute atomic E-state index is 11.6. The fourth-order valence-electron chi connectivity index (χ4n) is 2.91. The molecule has 120 valence electrons. The third kappa shape index (κ3) is 3.11. The van der Waals surface area contributed by atoms with E-state index < -0.39 is 17.4 Å². The molecule has 0 saturated carbocycles. The molecular weight excluding hydrogens is 292 g/mol. The zero-order valence-electron chi connectivity index (χ0n) is 13.7. The molecular formula is C19H20O4. The molecule has 0 atom stereocenters. The number of carbonyl (C=O) groups is 2. The summed E-state index contributed by atoms with van der Waals surface area (Å²) in [6.45, 7) is 7.36. The Morgan fingerprint density at radius 3 is 1.43 bits per heavy atom. The number of hydrogen-bond acceptors (Lipinski definition) is 2. The Balaban J connectivity index is 2.73. The highest BCUT2D eigenvalue weighted by atomic mass is 16.4. The van der Waals surface area contributed by atoms with Crippen LogP contribution in [0.3, 0.4) is 0 Å². The van der Waals surface area contributed by atoms with Gasteiger partial charge in [-0.15, -0.1) is 0 Å². The van der Waals surface area contributed by atoms with Crippen molar-refractivity contribution in [3.8, 4) is 0 Å². The summed E-state index contributed by atoms with van der Waals surface area (Å²) in [5.74, 6) is -2.03. The number of aromatic carboxylic acids is 2. The van der Waals surface area contributed by atoms with Crippen LogP contribution in [-0.2, 0) is 5.41 Å². The van der Waals surface area contributed by atoms with Crippen LogP contribution >= 0.6 is 0 Å². The number of aryl methyl sites for hydroxylation is 2. The summed E-state index contributed by atoms with van der Waals surface area (Å²) in [4.78, 5) is 23.2. The van der Waals surface area contributed by atoms with Gasteiger partial charge in [-0.3, -0.25) is 0 Å². The second-order valence-electron chi connectivity index (χ2n) is 6.33. The van der Waals surface area contributed by atoms with Gasteiger partial charge in [-0.05, 0) is 37.1 Å². The van der Waals surface area contributed by atoms with Crippen molar-refractivity contribution in [3.05, 3.63) is 69.8 Å². The monoisotopic (exact) mass is 312 g/mol. The second-order valence-corrected chi connectivity index (χ2v) is 6.33. The van der Waals surface area contributed by atoms with Crippen molar-refractivity contribution in [2.45, 2.75) is 33.1 Å². The molecule has 4 nitrogen and oxygen atoms in total. The van der Waals surface area contributed by atoms with Gasteiger partial charge >= 0.3 is 11.9 Å². The van der Waals surface area contributed by atoms with Crippen LogP contribution in [0.1, 0.15) is 56.8 Å². The molecule has 0 saturated heterocycles. The van der Waals surface area contributed by atoms with Crippen LogP contribution in [-0.4, -0.2) is 22.2 Å². The highest BCUT2D eigenvalue weighted by molar-refractivity contribution is 5.92. The number of hydrogen-bond donors (Lipinski definition) is 2. The summed E-state index contributed by atoms with van der Waals surface area (Å²) in [5, 5.41) is 19.0. The van der Waals surface area contributed by atoms with Crippen LogP contribution in [0.4, 0.5) is 0 Å². The molecule has 2 rings (SSSR count). The standard InChI is InChI=1S/C19H20O4/c1-11-5-7-15(13(9-11)17(20)21)19(3,4)16-8-6-12(2)10-14(16)18(22)23/h5-10H,1-4H3,(H,20,21)(H,22,23). The summed E-state index contributed by atoms with van der Waals surface area (Å²) in [6.07, 6.45) is 0. The molecule has 4 heteroatoms. The summed E-state index contributed by atoms with van der Waals surface area (Å²) in [5.41, 5.74) is 2.56. The molecule has 0 unspecified atom stereocenters. The molecule has 0 amide bonds. The maximum atomic E-state index is 11.6. The lowest BCUT2D eigenvalue weighted by atomic mass is 9.73. The Morgan fingerprint density at radius 1 is 0.783 bits per heavy atom. The van der Waals surface area contributed by atoms with Gasteiger partial charge in [-0.2, -0.15) is 0 Å². The van der Waals surface area contributed by atoms with E-state index in [0.717, 1.165) is 11.1 Å².